The molecule has 21 heavy (non-hydrogen) atoms. The third-order valence-electron chi connectivity index (χ3n) is 2.19. The van der Waals surface area contributed by atoms with E-state index in [9.17, 15) is 19.2 Å². The Hall–Kier alpha value is -2.36. The summed E-state index contributed by atoms with van der Waals surface area (Å²) in [5.74, 6) is -2.18. The van der Waals surface area contributed by atoms with E-state index in [1.54, 1.807) is 0 Å². The fourth-order valence-electron chi connectivity index (χ4n) is 1.16. The van der Waals surface area contributed by atoms with Crippen LogP contribution in [-0.2, 0) is 19.1 Å². The number of carboxylic acid groups (broad SMARTS) is 1. The minimum atomic E-state index is -1.18. The Bertz CT molecular complexity index is 387. The van der Waals surface area contributed by atoms with Crippen molar-refractivity contribution < 1.29 is 29.0 Å². The quantitative estimate of drug-likeness (QED) is 0.350. The van der Waals surface area contributed by atoms with Crippen LogP contribution in [0.5, 0.6) is 0 Å². The molecule has 0 rings (SSSR count). The normalized spacial score (nSPS) is 9.62. The van der Waals surface area contributed by atoms with Crippen molar-refractivity contribution in [2.24, 2.45) is 0 Å². The van der Waals surface area contributed by atoms with Crippen LogP contribution in [0.15, 0.2) is 0 Å². The molecule has 0 aromatic rings. The van der Waals surface area contributed by atoms with Crippen molar-refractivity contribution in [3.8, 4) is 0 Å². The first-order chi connectivity index (χ1) is 9.86. The number of ether oxygens (including phenoxy) is 1. The van der Waals surface area contributed by atoms with Crippen molar-refractivity contribution in [3.63, 3.8) is 0 Å². The lowest BCUT2D eigenvalue weighted by molar-refractivity contribution is -0.137. The number of carboxylic acids is 1. The van der Waals surface area contributed by atoms with Gasteiger partial charge in [-0.15, -0.1) is 0 Å². The van der Waals surface area contributed by atoms with Gasteiger partial charge in [-0.3, -0.25) is 14.4 Å². The highest BCUT2D eigenvalue weighted by molar-refractivity contribution is 5.88. The van der Waals surface area contributed by atoms with Gasteiger partial charge in [-0.05, 0) is 0 Å². The molecular weight excluding hydrogens is 284 g/mol. The van der Waals surface area contributed by atoms with Crippen LogP contribution in [-0.4, -0.2) is 80.8 Å². The molecule has 0 aliphatic heterocycles. The predicted molar refractivity (Wildman–Crippen MR) is 71.6 cm³/mol. The van der Waals surface area contributed by atoms with E-state index in [0.29, 0.717) is 13.2 Å². The van der Waals surface area contributed by atoms with Crippen molar-refractivity contribution >= 4 is 23.8 Å². The van der Waals surface area contributed by atoms with Crippen molar-refractivity contribution in [3.05, 3.63) is 0 Å². The molecule has 0 heterocycles. The van der Waals surface area contributed by atoms with Crippen molar-refractivity contribution in [2.45, 2.75) is 0 Å². The number of carbonyl (C=O) groups excluding carboxylic acids is 3. The number of methoxy groups -OCH3 is 1. The van der Waals surface area contributed by atoms with Gasteiger partial charge in [0.25, 0.3) is 0 Å². The lowest BCUT2D eigenvalue weighted by atomic mass is 10.5. The molecule has 0 radical (unpaired) electrons. The molecule has 10 heteroatoms. The smallest absolute Gasteiger partial charge is 0.322 e. The maximum Gasteiger partial charge on any atom is 0.322 e. The molecule has 10 nitrogen and oxygen atoms in total. The largest absolute Gasteiger partial charge is 0.480 e. The second-order valence-electron chi connectivity index (χ2n) is 4.03. The molecular formula is C11H20N4O6. The fourth-order valence-corrected chi connectivity index (χ4v) is 1.16. The molecule has 4 N–H and O–H groups in total. The number of urea groups is 1. The number of carbonyl (C=O) groups is 4. The van der Waals surface area contributed by atoms with E-state index in [-0.39, 0.29) is 19.0 Å². The van der Waals surface area contributed by atoms with Gasteiger partial charge < -0.3 is 30.7 Å². The molecule has 0 saturated heterocycles. The lowest BCUT2D eigenvalue weighted by Gasteiger charge is -2.17. The van der Waals surface area contributed by atoms with Gasteiger partial charge in [0.05, 0.1) is 13.2 Å². The number of hydrogen-bond acceptors (Lipinski definition) is 5. The van der Waals surface area contributed by atoms with Crippen molar-refractivity contribution in [2.75, 3.05) is 46.9 Å². The number of nitrogens with zero attached hydrogens (tertiary/aromatic N) is 1. The van der Waals surface area contributed by atoms with Crippen LogP contribution in [0.1, 0.15) is 0 Å². The highest BCUT2D eigenvalue weighted by Gasteiger charge is 2.13. The topological polar surface area (TPSA) is 137 Å². The summed E-state index contributed by atoms with van der Waals surface area (Å²) in [5.41, 5.74) is 0. The van der Waals surface area contributed by atoms with Crippen molar-refractivity contribution in [1.82, 2.24) is 20.9 Å². The third-order valence-corrected chi connectivity index (χ3v) is 2.19. The van der Waals surface area contributed by atoms with Crippen molar-refractivity contribution in [1.29, 1.82) is 0 Å². The summed E-state index contributed by atoms with van der Waals surface area (Å²) in [7, 11) is 2.89. The minimum Gasteiger partial charge on any atom is -0.480 e. The summed E-state index contributed by atoms with van der Waals surface area (Å²) in [4.78, 5) is 45.5. The molecule has 0 fully saturated rings. The van der Waals surface area contributed by atoms with E-state index in [1.807, 2.05) is 0 Å². The molecule has 0 bridgehead atoms. The summed E-state index contributed by atoms with van der Waals surface area (Å²) in [6.45, 7) is -0.367. The molecule has 4 amide bonds. The van der Waals surface area contributed by atoms with E-state index < -0.39 is 24.5 Å². The van der Waals surface area contributed by atoms with E-state index >= 15 is 0 Å². The van der Waals surface area contributed by atoms with E-state index in [0.717, 1.165) is 4.90 Å². The van der Waals surface area contributed by atoms with Gasteiger partial charge in [0, 0.05) is 20.7 Å². The van der Waals surface area contributed by atoms with E-state index in [1.165, 1.54) is 14.2 Å². The Morgan fingerprint density at radius 1 is 1.05 bits per heavy atom. The number of nitrogens with one attached hydrogen (secondary N) is 3. The molecule has 0 atom stereocenters. The number of rotatable bonds is 9. The SMILES string of the molecule is COCCNC(=O)CN(C)C(=O)NCC(=O)NCC(=O)O. The zero-order valence-corrected chi connectivity index (χ0v) is 12.0. The van der Waals surface area contributed by atoms with Gasteiger partial charge in [-0.2, -0.15) is 0 Å². The van der Waals surface area contributed by atoms with Crippen LogP contribution in [0, 0.1) is 0 Å². The predicted octanol–water partition coefficient (Wildman–Crippen LogP) is -2.41. The maximum atomic E-state index is 11.6. The number of hydrogen-bond donors (Lipinski definition) is 4. The zero-order chi connectivity index (χ0) is 16.3. The Morgan fingerprint density at radius 2 is 1.71 bits per heavy atom. The maximum absolute atomic E-state index is 11.6. The summed E-state index contributed by atoms with van der Waals surface area (Å²) >= 11 is 0. The van der Waals surface area contributed by atoms with Crippen LogP contribution < -0.4 is 16.0 Å². The standard InChI is InChI=1S/C11H20N4O6/c1-15(7-9(17)12-3-4-21-2)11(20)14-5-8(16)13-6-10(18)19/h3-7H2,1-2H3,(H,12,17)(H,13,16)(H,14,20)(H,18,19). The zero-order valence-electron chi connectivity index (χ0n) is 12.0. The number of amides is 4. The fraction of sp³-hybridized carbons (Fsp3) is 0.636. The van der Waals surface area contributed by atoms with Gasteiger partial charge in [0.2, 0.25) is 11.8 Å². The second kappa shape index (κ2) is 10.4. The second-order valence-corrected chi connectivity index (χ2v) is 4.03. The average Bonchev–Trinajstić information content (AvgIpc) is 2.42. The summed E-state index contributed by atoms with van der Waals surface area (Å²) in [6.07, 6.45) is 0. The summed E-state index contributed by atoms with van der Waals surface area (Å²) < 4.78 is 4.76. The Balaban J connectivity index is 3.91. The highest BCUT2D eigenvalue weighted by atomic mass is 16.5. The monoisotopic (exact) mass is 304 g/mol. The first kappa shape index (κ1) is 18.6. The van der Waals surface area contributed by atoms with Gasteiger partial charge in [-0.1, -0.05) is 0 Å². The van der Waals surface area contributed by atoms with Gasteiger partial charge in [0.15, 0.2) is 0 Å². The Labute approximate surface area is 121 Å². The Morgan fingerprint density at radius 3 is 2.29 bits per heavy atom. The van der Waals surface area contributed by atoms with Crippen LogP contribution >= 0.6 is 0 Å². The van der Waals surface area contributed by atoms with Crippen LogP contribution in [0.3, 0.4) is 0 Å². The molecule has 0 aliphatic rings. The molecule has 0 unspecified atom stereocenters. The summed E-state index contributed by atoms with van der Waals surface area (Å²) in [5, 5.41) is 15.2. The van der Waals surface area contributed by atoms with Gasteiger partial charge in [-0.25, -0.2) is 4.79 Å². The number of aliphatic carboxylic acids is 1. The molecule has 0 aliphatic carbocycles. The highest BCUT2D eigenvalue weighted by Crippen LogP contribution is 1.84. The van der Waals surface area contributed by atoms with Crippen LogP contribution in [0.25, 0.3) is 0 Å². The van der Waals surface area contributed by atoms with Crippen LogP contribution in [0.2, 0.25) is 0 Å². The van der Waals surface area contributed by atoms with Crippen LogP contribution in [0.4, 0.5) is 4.79 Å². The van der Waals surface area contributed by atoms with Gasteiger partial charge >= 0.3 is 12.0 Å². The number of likely N-dealkylation sites (N-methyl/N-ethyl adjacent to an activating group) is 1. The summed E-state index contributed by atoms with van der Waals surface area (Å²) in [6, 6.07) is -0.623. The van der Waals surface area contributed by atoms with E-state index in [2.05, 4.69) is 16.0 Å². The Kier molecular flexibility index (Phi) is 9.26. The molecule has 0 aromatic heterocycles. The average molecular weight is 304 g/mol. The molecule has 120 valence electrons. The molecule has 0 spiro atoms. The van der Waals surface area contributed by atoms with E-state index in [4.69, 9.17) is 9.84 Å². The lowest BCUT2D eigenvalue weighted by Crippen LogP contribution is -2.46. The van der Waals surface area contributed by atoms with Gasteiger partial charge in [0.1, 0.15) is 13.1 Å². The third kappa shape index (κ3) is 10.1. The molecule has 0 saturated carbocycles. The minimum absolute atomic E-state index is 0.174. The first-order valence-corrected chi connectivity index (χ1v) is 6.10. The first-order valence-electron chi connectivity index (χ1n) is 6.10. The molecule has 0 aromatic carbocycles.